The minimum atomic E-state index is -0.488. The molecular weight excluding hydrogens is 472 g/mol. The van der Waals surface area contributed by atoms with E-state index in [1.165, 1.54) is 23.1 Å². The molecule has 1 aliphatic heterocycles. The molecule has 34 heavy (non-hydrogen) atoms. The molecule has 0 atom stereocenters. The zero-order valence-electron chi connectivity index (χ0n) is 18.2. The molecule has 0 aromatic heterocycles. The van der Waals surface area contributed by atoms with Crippen molar-refractivity contribution in [3.63, 3.8) is 0 Å². The number of non-ortho nitro benzene ring substituents is 1. The minimum Gasteiger partial charge on any atom is -0.490 e. The Hall–Kier alpha value is -3.69. The van der Waals surface area contributed by atoms with E-state index in [1.807, 2.05) is 61.5 Å². The van der Waals surface area contributed by atoms with E-state index in [1.54, 1.807) is 6.08 Å². The van der Waals surface area contributed by atoms with E-state index < -0.39 is 4.92 Å². The third kappa shape index (κ3) is 5.44. The van der Waals surface area contributed by atoms with Crippen molar-refractivity contribution in [3.8, 4) is 11.5 Å². The molecule has 3 aromatic rings. The monoisotopic (exact) mass is 492 g/mol. The zero-order valence-corrected chi connectivity index (χ0v) is 19.8. The molecule has 0 radical (unpaired) electrons. The number of hydrogen-bond donors (Lipinski definition) is 0. The smallest absolute Gasteiger partial charge is 0.270 e. The average molecular weight is 493 g/mol. The second kappa shape index (κ2) is 10.5. The number of rotatable bonds is 8. The van der Waals surface area contributed by atoms with Crippen LogP contribution in [0.1, 0.15) is 11.1 Å². The Kier molecular flexibility index (Phi) is 7.24. The first kappa shape index (κ1) is 23.5. The van der Waals surface area contributed by atoms with Gasteiger partial charge in [-0.1, -0.05) is 54.3 Å². The molecule has 3 aromatic carbocycles. The minimum absolute atomic E-state index is 0.103. The Morgan fingerprint density at radius 3 is 2.53 bits per heavy atom. The third-order valence-corrected chi connectivity index (χ3v) is 6.20. The molecule has 0 bridgehead atoms. The molecular formula is C25H20N2O5S2. The summed E-state index contributed by atoms with van der Waals surface area (Å²) in [6, 6.07) is 21.1. The highest BCUT2D eigenvalue weighted by molar-refractivity contribution is 8.27. The van der Waals surface area contributed by atoms with E-state index in [4.69, 9.17) is 21.7 Å². The molecule has 1 saturated heterocycles. The quantitative estimate of drug-likeness (QED) is 0.130. The molecule has 172 valence electrons. The van der Waals surface area contributed by atoms with Gasteiger partial charge >= 0.3 is 0 Å². The number of para-hydroxylation sites is 1. The van der Waals surface area contributed by atoms with Crippen LogP contribution in [0.2, 0.25) is 0 Å². The number of hydrogen-bond acceptors (Lipinski definition) is 7. The number of nitro benzene ring substituents is 1. The van der Waals surface area contributed by atoms with E-state index in [0.717, 1.165) is 23.1 Å². The van der Waals surface area contributed by atoms with Crippen molar-refractivity contribution in [1.82, 2.24) is 0 Å². The predicted molar refractivity (Wildman–Crippen MR) is 137 cm³/mol. The van der Waals surface area contributed by atoms with Gasteiger partial charge in [-0.15, -0.1) is 0 Å². The molecule has 1 heterocycles. The maximum absolute atomic E-state index is 13.1. The van der Waals surface area contributed by atoms with Crippen LogP contribution >= 0.6 is 24.0 Å². The molecule has 1 fully saturated rings. The summed E-state index contributed by atoms with van der Waals surface area (Å²) in [5, 5.41) is 11.3. The fourth-order valence-corrected chi connectivity index (χ4v) is 4.61. The Bertz CT molecular complexity index is 1280. The molecule has 0 N–H and O–H groups in total. The third-order valence-electron chi connectivity index (χ3n) is 4.90. The lowest BCUT2D eigenvalue weighted by Crippen LogP contribution is -2.27. The molecule has 1 aliphatic rings. The molecule has 0 unspecified atom stereocenters. The van der Waals surface area contributed by atoms with Gasteiger partial charge in [0.15, 0.2) is 4.32 Å². The van der Waals surface area contributed by atoms with Gasteiger partial charge in [0.05, 0.1) is 15.5 Å². The first-order valence-electron chi connectivity index (χ1n) is 10.4. The second-order valence-electron chi connectivity index (χ2n) is 7.35. The number of nitrogens with zero attached hydrogens (tertiary/aromatic N) is 2. The van der Waals surface area contributed by atoms with Gasteiger partial charge in [-0.2, -0.15) is 0 Å². The maximum Gasteiger partial charge on any atom is 0.270 e. The first-order valence-corrected chi connectivity index (χ1v) is 11.6. The highest BCUT2D eigenvalue weighted by atomic mass is 32.2. The van der Waals surface area contributed by atoms with Crippen LogP contribution in [-0.4, -0.2) is 28.4 Å². The second-order valence-corrected chi connectivity index (χ2v) is 9.02. The fourth-order valence-electron chi connectivity index (χ4n) is 3.32. The summed E-state index contributed by atoms with van der Waals surface area (Å²) in [5.41, 5.74) is 1.99. The highest BCUT2D eigenvalue weighted by Gasteiger charge is 2.33. The first-order chi connectivity index (χ1) is 16.4. The van der Waals surface area contributed by atoms with Gasteiger partial charge in [-0.05, 0) is 48.9 Å². The predicted octanol–water partition coefficient (Wildman–Crippen LogP) is 5.77. The van der Waals surface area contributed by atoms with Gasteiger partial charge in [0.2, 0.25) is 0 Å². The van der Waals surface area contributed by atoms with Crippen molar-refractivity contribution in [3.05, 3.63) is 98.9 Å². The molecule has 9 heteroatoms. The molecule has 0 aliphatic carbocycles. The number of thiocarbonyl (C=S) groups is 1. The van der Waals surface area contributed by atoms with Crippen LogP contribution in [-0.2, 0) is 4.79 Å². The summed E-state index contributed by atoms with van der Waals surface area (Å²) < 4.78 is 11.9. The number of carbonyl (C=O) groups is 1. The Labute approximate surface area is 206 Å². The van der Waals surface area contributed by atoms with E-state index in [2.05, 4.69) is 0 Å². The summed E-state index contributed by atoms with van der Waals surface area (Å²) in [7, 11) is 0. The van der Waals surface area contributed by atoms with E-state index in [0.29, 0.717) is 26.2 Å². The molecule has 0 saturated carbocycles. The van der Waals surface area contributed by atoms with Gasteiger partial charge in [0.25, 0.3) is 11.6 Å². The van der Waals surface area contributed by atoms with Crippen molar-refractivity contribution in [2.45, 2.75) is 6.92 Å². The van der Waals surface area contributed by atoms with Crippen molar-refractivity contribution >= 4 is 51.7 Å². The summed E-state index contributed by atoms with van der Waals surface area (Å²) in [4.78, 5) is 25.8. The highest BCUT2D eigenvalue weighted by Crippen LogP contribution is 2.38. The zero-order chi connectivity index (χ0) is 24.1. The van der Waals surface area contributed by atoms with E-state index in [9.17, 15) is 14.9 Å². The number of nitro groups is 1. The lowest BCUT2D eigenvalue weighted by molar-refractivity contribution is -0.384. The Morgan fingerprint density at radius 1 is 1.03 bits per heavy atom. The SMILES string of the molecule is Cc1cccc(N2C(=O)C(=Cc3cc([N+](=O)[O-])ccc3OCCOc3ccccc3)SC2=S)c1. The van der Waals surface area contributed by atoms with Crippen LogP contribution in [0.25, 0.3) is 6.08 Å². The fraction of sp³-hybridized carbons (Fsp3) is 0.120. The summed E-state index contributed by atoms with van der Waals surface area (Å²) in [5.74, 6) is 0.836. The normalized spacial score (nSPS) is 14.5. The molecule has 7 nitrogen and oxygen atoms in total. The van der Waals surface area contributed by atoms with Gasteiger partial charge < -0.3 is 9.47 Å². The largest absolute Gasteiger partial charge is 0.490 e. The Balaban J connectivity index is 1.55. The van der Waals surface area contributed by atoms with Crippen LogP contribution in [0.5, 0.6) is 11.5 Å². The summed E-state index contributed by atoms with van der Waals surface area (Å²) in [6.45, 7) is 2.44. The van der Waals surface area contributed by atoms with E-state index in [-0.39, 0.29) is 24.8 Å². The maximum atomic E-state index is 13.1. The summed E-state index contributed by atoms with van der Waals surface area (Å²) in [6.07, 6.45) is 1.58. The number of carbonyl (C=O) groups excluding carboxylic acids is 1. The van der Waals surface area contributed by atoms with Gasteiger partial charge in [0.1, 0.15) is 24.7 Å². The lowest BCUT2D eigenvalue weighted by atomic mass is 10.1. The van der Waals surface area contributed by atoms with Crippen LogP contribution < -0.4 is 14.4 Å². The van der Waals surface area contributed by atoms with Crippen molar-refractivity contribution in [1.29, 1.82) is 0 Å². The van der Waals surface area contributed by atoms with Gasteiger partial charge in [-0.3, -0.25) is 19.8 Å². The number of amides is 1. The molecule has 1 amide bonds. The van der Waals surface area contributed by atoms with Gasteiger partial charge in [-0.25, -0.2) is 0 Å². The van der Waals surface area contributed by atoms with Crippen LogP contribution in [0.3, 0.4) is 0 Å². The molecule has 4 rings (SSSR count). The lowest BCUT2D eigenvalue weighted by Gasteiger charge is -2.15. The van der Waals surface area contributed by atoms with Crippen molar-refractivity contribution in [2.75, 3.05) is 18.1 Å². The summed E-state index contributed by atoms with van der Waals surface area (Å²) >= 11 is 6.58. The van der Waals surface area contributed by atoms with Crippen LogP contribution in [0, 0.1) is 17.0 Å². The van der Waals surface area contributed by atoms with Crippen molar-refractivity contribution in [2.24, 2.45) is 0 Å². The molecule has 0 spiro atoms. The Morgan fingerprint density at radius 2 is 1.79 bits per heavy atom. The van der Waals surface area contributed by atoms with Gasteiger partial charge in [0, 0.05) is 17.7 Å². The van der Waals surface area contributed by atoms with Crippen molar-refractivity contribution < 1.29 is 19.2 Å². The average Bonchev–Trinajstić information content (AvgIpc) is 3.10. The number of benzene rings is 3. The number of thioether (sulfide) groups is 1. The number of anilines is 1. The van der Waals surface area contributed by atoms with Crippen LogP contribution in [0.4, 0.5) is 11.4 Å². The standard InChI is InChI=1S/C25H20N2O5S2/c1-17-6-5-7-19(14-17)26-24(28)23(34-25(26)33)16-18-15-20(27(29)30)10-11-22(18)32-13-12-31-21-8-3-2-4-9-21/h2-11,14-16H,12-13H2,1H3. The van der Waals surface area contributed by atoms with Crippen LogP contribution in [0.15, 0.2) is 77.7 Å². The number of aryl methyl sites for hydroxylation is 1. The number of ether oxygens (including phenoxy) is 2. The topological polar surface area (TPSA) is 81.9 Å². The van der Waals surface area contributed by atoms with E-state index >= 15 is 0 Å².